The maximum atomic E-state index is 12.9. The number of benzene rings is 1. The van der Waals surface area contributed by atoms with Crippen LogP contribution < -0.4 is 5.32 Å². The molecule has 170 valence electrons. The van der Waals surface area contributed by atoms with Gasteiger partial charge < -0.3 is 9.88 Å². The van der Waals surface area contributed by atoms with Crippen LogP contribution in [0.15, 0.2) is 18.2 Å². The molecule has 6 nitrogen and oxygen atoms in total. The van der Waals surface area contributed by atoms with Gasteiger partial charge in [-0.05, 0) is 69.4 Å². The lowest BCUT2D eigenvalue weighted by molar-refractivity contribution is -0.116. The second-order valence-electron chi connectivity index (χ2n) is 10.3. The van der Waals surface area contributed by atoms with E-state index in [0.29, 0.717) is 12.0 Å². The summed E-state index contributed by atoms with van der Waals surface area (Å²) >= 11 is 0. The molecule has 2 saturated carbocycles. The number of rotatable bonds is 9. The summed E-state index contributed by atoms with van der Waals surface area (Å²) in [5, 5.41) is 21.7. The zero-order valence-electron chi connectivity index (χ0n) is 19.8. The Balaban J connectivity index is 1.49. The van der Waals surface area contributed by atoms with Crippen molar-refractivity contribution in [2.75, 3.05) is 5.32 Å². The highest BCUT2D eigenvalue weighted by molar-refractivity contribution is 5.92. The Labute approximate surface area is 191 Å². The quantitative estimate of drug-likeness (QED) is 0.542. The Kier molecular flexibility index (Phi) is 6.64. The van der Waals surface area contributed by atoms with Crippen LogP contribution in [0.4, 0.5) is 5.69 Å². The lowest BCUT2D eigenvalue weighted by atomic mass is 9.71. The van der Waals surface area contributed by atoms with Gasteiger partial charge in [-0.3, -0.25) is 4.79 Å². The van der Waals surface area contributed by atoms with Gasteiger partial charge in [-0.1, -0.05) is 31.5 Å². The molecule has 2 fully saturated rings. The predicted molar refractivity (Wildman–Crippen MR) is 125 cm³/mol. The third-order valence-corrected chi connectivity index (χ3v) is 6.86. The first kappa shape index (κ1) is 22.5. The van der Waals surface area contributed by atoms with Crippen molar-refractivity contribution in [1.82, 2.24) is 14.8 Å². The maximum absolute atomic E-state index is 12.9. The first-order valence-electron chi connectivity index (χ1n) is 12.0. The summed E-state index contributed by atoms with van der Waals surface area (Å²) < 4.78 is 2.29. The number of carbonyl (C=O) groups is 1. The second kappa shape index (κ2) is 9.44. The van der Waals surface area contributed by atoms with Crippen molar-refractivity contribution in [2.45, 2.75) is 90.5 Å². The number of amides is 1. The second-order valence-corrected chi connectivity index (χ2v) is 10.3. The van der Waals surface area contributed by atoms with Crippen molar-refractivity contribution in [2.24, 2.45) is 11.8 Å². The zero-order valence-corrected chi connectivity index (χ0v) is 19.8. The molecule has 0 unspecified atom stereocenters. The van der Waals surface area contributed by atoms with E-state index in [1.165, 1.54) is 24.8 Å². The number of hydrogen-bond donors (Lipinski definition) is 1. The molecular formula is C26H35N5O. The van der Waals surface area contributed by atoms with Crippen molar-refractivity contribution in [3.05, 3.63) is 41.0 Å². The van der Waals surface area contributed by atoms with E-state index in [4.69, 9.17) is 0 Å². The van der Waals surface area contributed by atoms with Gasteiger partial charge in [0.15, 0.2) is 0 Å². The largest absolute Gasteiger partial charge is 0.326 e. The molecule has 0 bridgehead atoms. The van der Waals surface area contributed by atoms with Crippen LogP contribution in [0.1, 0.15) is 99.4 Å². The summed E-state index contributed by atoms with van der Waals surface area (Å²) in [6.45, 7) is 8.61. The fraction of sp³-hybridized carbons (Fsp3) is 0.615. The molecule has 32 heavy (non-hydrogen) atoms. The van der Waals surface area contributed by atoms with Gasteiger partial charge in [0.1, 0.15) is 11.6 Å². The van der Waals surface area contributed by atoms with Crippen LogP contribution in [-0.2, 0) is 4.79 Å². The predicted octanol–water partition coefficient (Wildman–Crippen LogP) is 5.80. The van der Waals surface area contributed by atoms with Gasteiger partial charge in [0.2, 0.25) is 5.91 Å². The number of aryl methyl sites for hydroxylation is 2. The molecule has 2 aliphatic rings. The van der Waals surface area contributed by atoms with Gasteiger partial charge in [0.25, 0.3) is 0 Å². The summed E-state index contributed by atoms with van der Waals surface area (Å²) in [6.07, 6.45) is 6.41. The third-order valence-electron chi connectivity index (χ3n) is 6.86. The van der Waals surface area contributed by atoms with Crippen LogP contribution in [-0.4, -0.2) is 20.7 Å². The highest BCUT2D eigenvalue weighted by Gasteiger charge is 2.39. The molecule has 2 aromatic rings. The van der Waals surface area contributed by atoms with Crippen LogP contribution in [0.3, 0.4) is 0 Å². The van der Waals surface area contributed by atoms with E-state index in [0.717, 1.165) is 47.6 Å². The fourth-order valence-electron chi connectivity index (χ4n) is 5.13. The van der Waals surface area contributed by atoms with Gasteiger partial charge in [0.05, 0.1) is 6.07 Å². The van der Waals surface area contributed by atoms with E-state index >= 15 is 0 Å². The molecule has 6 heteroatoms. The molecule has 0 radical (unpaired) electrons. The number of anilines is 1. The monoisotopic (exact) mass is 433 g/mol. The van der Waals surface area contributed by atoms with Crippen LogP contribution >= 0.6 is 0 Å². The molecular weight excluding hydrogens is 398 g/mol. The molecule has 1 aromatic carbocycles. The summed E-state index contributed by atoms with van der Waals surface area (Å²) in [5.74, 6) is 3.57. The molecule has 4 rings (SSSR count). The van der Waals surface area contributed by atoms with Crippen molar-refractivity contribution in [3.8, 4) is 6.07 Å². The standard InChI is InChI=1S/C26H35N5O/c1-16(2)11-19-13-21(14-19)26-30-29-25(31(26)22-6-7-22)20(9-10-27)15-24(32)28-23-8-5-17(3)12-18(23)4/h5,8,12,16,19-22H,6-7,9,11,13-15H2,1-4H3,(H,28,32)/t19?,20-,21?/m0/s1. The molecule has 1 heterocycles. The topological polar surface area (TPSA) is 83.6 Å². The van der Waals surface area contributed by atoms with Crippen LogP contribution in [0.2, 0.25) is 0 Å². The minimum atomic E-state index is -0.237. The summed E-state index contributed by atoms with van der Waals surface area (Å²) in [4.78, 5) is 12.9. The van der Waals surface area contributed by atoms with E-state index in [1.54, 1.807) is 0 Å². The first-order valence-corrected chi connectivity index (χ1v) is 12.0. The van der Waals surface area contributed by atoms with E-state index in [9.17, 15) is 10.1 Å². The Morgan fingerprint density at radius 3 is 2.62 bits per heavy atom. The van der Waals surface area contributed by atoms with Crippen molar-refractivity contribution >= 4 is 11.6 Å². The lowest BCUT2D eigenvalue weighted by Crippen LogP contribution is -2.26. The zero-order chi connectivity index (χ0) is 22.8. The molecule has 1 atom stereocenters. The first-order chi connectivity index (χ1) is 15.4. The Morgan fingerprint density at radius 1 is 1.25 bits per heavy atom. The Morgan fingerprint density at radius 2 is 2.00 bits per heavy atom. The SMILES string of the molecule is Cc1ccc(NC(=O)C[C@H](CC#N)c2nnc(C3CC(CC(C)C)C3)n2C2CC2)c(C)c1. The third kappa shape index (κ3) is 5.03. The van der Waals surface area contributed by atoms with Gasteiger partial charge in [0, 0.05) is 36.4 Å². The summed E-state index contributed by atoms with van der Waals surface area (Å²) in [5.41, 5.74) is 3.03. The molecule has 0 saturated heterocycles. The van der Waals surface area contributed by atoms with Crippen LogP contribution in [0.5, 0.6) is 0 Å². The smallest absolute Gasteiger partial charge is 0.225 e. The molecule has 1 amide bonds. The van der Waals surface area contributed by atoms with Crippen LogP contribution in [0.25, 0.3) is 0 Å². The molecule has 2 aliphatic carbocycles. The molecule has 1 aromatic heterocycles. The Bertz CT molecular complexity index is 1010. The highest BCUT2D eigenvalue weighted by atomic mass is 16.1. The van der Waals surface area contributed by atoms with Crippen molar-refractivity contribution < 1.29 is 4.79 Å². The van der Waals surface area contributed by atoms with Gasteiger partial charge in [-0.15, -0.1) is 10.2 Å². The van der Waals surface area contributed by atoms with Gasteiger partial charge >= 0.3 is 0 Å². The molecule has 1 N–H and O–H groups in total. The normalized spacial score (nSPS) is 21.1. The van der Waals surface area contributed by atoms with E-state index < -0.39 is 0 Å². The fourth-order valence-corrected chi connectivity index (χ4v) is 5.13. The maximum Gasteiger partial charge on any atom is 0.225 e. The van der Waals surface area contributed by atoms with Gasteiger partial charge in [-0.2, -0.15) is 5.26 Å². The number of hydrogen-bond acceptors (Lipinski definition) is 4. The van der Waals surface area contributed by atoms with Crippen LogP contribution in [0, 0.1) is 37.0 Å². The average molecular weight is 434 g/mol. The van der Waals surface area contributed by atoms with Crippen molar-refractivity contribution in [1.29, 1.82) is 5.26 Å². The number of nitrogens with one attached hydrogen (secondary N) is 1. The number of carbonyl (C=O) groups excluding carboxylic acids is 1. The number of nitriles is 1. The summed E-state index contributed by atoms with van der Waals surface area (Å²) in [6, 6.07) is 8.70. The lowest BCUT2D eigenvalue weighted by Gasteiger charge is -2.36. The van der Waals surface area contributed by atoms with Crippen molar-refractivity contribution in [3.63, 3.8) is 0 Å². The Hall–Kier alpha value is -2.68. The highest BCUT2D eigenvalue weighted by Crippen LogP contribution is 2.48. The van der Waals surface area contributed by atoms with E-state index in [-0.39, 0.29) is 24.7 Å². The number of nitrogens with zero attached hydrogens (tertiary/aromatic N) is 4. The minimum absolute atomic E-state index is 0.0789. The molecule has 0 aliphatic heterocycles. The number of aromatic nitrogens is 3. The average Bonchev–Trinajstić information content (AvgIpc) is 3.45. The van der Waals surface area contributed by atoms with E-state index in [2.05, 4.69) is 46.1 Å². The minimum Gasteiger partial charge on any atom is -0.326 e. The van der Waals surface area contributed by atoms with E-state index in [1.807, 2.05) is 26.0 Å². The van der Waals surface area contributed by atoms with Gasteiger partial charge in [-0.25, -0.2) is 0 Å². The molecule has 0 spiro atoms. The summed E-state index contributed by atoms with van der Waals surface area (Å²) in [7, 11) is 0.